The molecule has 21 heavy (non-hydrogen) atoms. The molecule has 2 aromatic rings. The third-order valence-electron chi connectivity index (χ3n) is 3.13. The van der Waals surface area contributed by atoms with Crippen LogP contribution in [0.4, 0.5) is 17.6 Å². The minimum atomic E-state index is -4.50. The van der Waals surface area contributed by atoms with Crippen molar-refractivity contribution in [3.63, 3.8) is 0 Å². The smallest absolute Gasteiger partial charge is 0.310 e. The average Bonchev–Trinajstić information content (AvgIpc) is 2.87. The summed E-state index contributed by atoms with van der Waals surface area (Å²) >= 11 is 0. The van der Waals surface area contributed by atoms with Crippen LogP contribution in [0.5, 0.6) is 0 Å². The zero-order valence-corrected chi connectivity index (χ0v) is 11.6. The largest absolute Gasteiger partial charge is 0.419 e. The summed E-state index contributed by atoms with van der Waals surface area (Å²) in [6, 6.07) is 4.18. The minimum Gasteiger partial charge on any atom is -0.310 e. The molecule has 0 bridgehead atoms. The molecule has 0 spiro atoms. The Bertz CT molecular complexity index is 619. The summed E-state index contributed by atoms with van der Waals surface area (Å²) < 4.78 is 52.9. The highest BCUT2D eigenvalue weighted by Crippen LogP contribution is 2.31. The van der Waals surface area contributed by atoms with Gasteiger partial charge in [-0.15, -0.1) is 0 Å². The van der Waals surface area contributed by atoms with Crippen LogP contribution in [-0.4, -0.2) is 16.3 Å². The molecule has 1 N–H and O–H groups in total. The lowest BCUT2D eigenvalue weighted by molar-refractivity contribution is -0.137. The van der Waals surface area contributed by atoms with Crippen LogP contribution in [0.1, 0.15) is 31.0 Å². The molecular weight excluding hydrogens is 286 g/mol. The first-order valence-corrected chi connectivity index (χ1v) is 6.48. The van der Waals surface area contributed by atoms with E-state index in [1.165, 1.54) is 12.1 Å². The van der Waals surface area contributed by atoms with Gasteiger partial charge < -0.3 is 5.32 Å². The van der Waals surface area contributed by atoms with E-state index < -0.39 is 17.6 Å². The number of nitrogens with one attached hydrogen (secondary N) is 1. The van der Waals surface area contributed by atoms with E-state index in [1.807, 2.05) is 13.8 Å². The number of aromatic nitrogens is 2. The Labute approximate surface area is 119 Å². The van der Waals surface area contributed by atoms with E-state index in [9.17, 15) is 17.6 Å². The van der Waals surface area contributed by atoms with Gasteiger partial charge in [-0.1, -0.05) is 19.1 Å². The van der Waals surface area contributed by atoms with Crippen molar-refractivity contribution < 1.29 is 17.6 Å². The van der Waals surface area contributed by atoms with Crippen LogP contribution >= 0.6 is 0 Å². The monoisotopic (exact) mass is 301 g/mol. The zero-order valence-electron chi connectivity index (χ0n) is 11.6. The Kier molecular flexibility index (Phi) is 4.32. The number of hydrogen-bond donors (Lipinski definition) is 1. The zero-order chi connectivity index (χ0) is 15.6. The van der Waals surface area contributed by atoms with Crippen LogP contribution in [0, 0.1) is 5.82 Å². The summed E-state index contributed by atoms with van der Waals surface area (Å²) in [5.41, 5.74) is -0.331. The summed E-state index contributed by atoms with van der Waals surface area (Å²) in [4.78, 5) is 0. The third-order valence-corrected chi connectivity index (χ3v) is 3.13. The van der Waals surface area contributed by atoms with E-state index in [-0.39, 0.29) is 11.7 Å². The normalized spacial score (nSPS) is 13.4. The van der Waals surface area contributed by atoms with Crippen LogP contribution in [0.15, 0.2) is 30.6 Å². The van der Waals surface area contributed by atoms with Crippen molar-refractivity contribution in [3.05, 3.63) is 47.5 Å². The van der Waals surface area contributed by atoms with Gasteiger partial charge >= 0.3 is 6.18 Å². The molecule has 0 saturated heterocycles. The van der Waals surface area contributed by atoms with Gasteiger partial charge in [0.05, 0.1) is 11.8 Å². The maximum Gasteiger partial charge on any atom is 0.419 e. The molecule has 1 heterocycles. The quantitative estimate of drug-likeness (QED) is 0.873. The first-order valence-electron chi connectivity index (χ1n) is 6.48. The van der Waals surface area contributed by atoms with Crippen molar-refractivity contribution in [1.29, 1.82) is 0 Å². The summed E-state index contributed by atoms with van der Waals surface area (Å²) in [6.07, 6.45) is -3.02. The summed E-state index contributed by atoms with van der Waals surface area (Å²) in [5.74, 6) is -0.617. The molecule has 1 aromatic carbocycles. The molecule has 0 radical (unpaired) electrons. The highest BCUT2D eigenvalue weighted by atomic mass is 19.4. The number of hydrogen-bond acceptors (Lipinski definition) is 2. The minimum absolute atomic E-state index is 0.0291. The molecular formula is C14H15F4N3. The van der Waals surface area contributed by atoms with Crippen molar-refractivity contribution >= 4 is 0 Å². The van der Waals surface area contributed by atoms with Gasteiger partial charge in [0.2, 0.25) is 0 Å². The fraction of sp³-hybridized carbons (Fsp3) is 0.357. The van der Waals surface area contributed by atoms with Crippen LogP contribution in [0.3, 0.4) is 0 Å². The van der Waals surface area contributed by atoms with Crippen molar-refractivity contribution in [3.8, 4) is 5.69 Å². The molecule has 0 aliphatic heterocycles. The van der Waals surface area contributed by atoms with Gasteiger partial charge in [-0.3, -0.25) is 0 Å². The summed E-state index contributed by atoms with van der Waals surface area (Å²) in [5, 5.41) is 6.75. The lowest BCUT2D eigenvalue weighted by Gasteiger charge is -2.17. The second-order valence-corrected chi connectivity index (χ2v) is 4.63. The highest BCUT2D eigenvalue weighted by molar-refractivity contribution is 5.44. The molecule has 0 saturated carbocycles. The Morgan fingerprint density at radius 1 is 1.33 bits per heavy atom. The maximum absolute atomic E-state index is 14.1. The number of para-hydroxylation sites is 1. The molecule has 1 atom stereocenters. The molecule has 114 valence electrons. The Morgan fingerprint density at radius 2 is 2.05 bits per heavy atom. The van der Waals surface area contributed by atoms with E-state index in [2.05, 4.69) is 10.4 Å². The van der Waals surface area contributed by atoms with E-state index in [0.29, 0.717) is 18.3 Å². The van der Waals surface area contributed by atoms with Gasteiger partial charge in [0, 0.05) is 12.2 Å². The Morgan fingerprint density at radius 3 is 2.62 bits per heavy atom. The molecule has 1 unspecified atom stereocenters. The van der Waals surface area contributed by atoms with Crippen molar-refractivity contribution in [1.82, 2.24) is 15.1 Å². The second kappa shape index (κ2) is 5.85. The van der Waals surface area contributed by atoms with Crippen molar-refractivity contribution in [2.24, 2.45) is 0 Å². The topological polar surface area (TPSA) is 29.9 Å². The predicted molar refractivity (Wildman–Crippen MR) is 70.6 cm³/mol. The number of benzene rings is 1. The first kappa shape index (κ1) is 15.5. The van der Waals surface area contributed by atoms with Gasteiger partial charge in [-0.25, -0.2) is 9.07 Å². The predicted octanol–water partition coefficient (Wildman–Crippen LogP) is 3.70. The number of alkyl halides is 3. The van der Waals surface area contributed by atoms with Crippen LogP contribution in [0.2, 0.25) is 0 Å². The van der Waals surface area contributed by atoms with Crippen LogP contribution < -0.4 is 5.32 Å². The standard InChI is InChI=1S/C14H15F4N3/c1-3-19-9(2)11-5-4-6-12(15)13(11)21-8-10(7-20-21)14(16,17)18/h4-9,19H,3H2,1-2H3. The number of halogens is 4. The third kappa shape index (κ3) is 3.24. The summed E-state index contributed by atoms with van der Waals surface area (Å²) in [6.45, 7) is 4.37. The molecule has 0 amide bonds. The SMILES string of the molecule is CCNC(C)c1cccc(F)c1-n1cc(C(F)(F)F)cn1. The van der Waals surface area contributed by atoms with Crippen LogP contribution in [-0.2, 0) is 6.18 Å². The molecule has 0 aliphatic rings. The average molecular weight is 301 g/mol. The van der Waals surface area contributed by atoms with E-state index in [4.69, 9.17) is 0 Å². The maximum atomic E-state index is 14.1. The molecule has 0 fully saturated rings. The van der Waals surface area contributed by atoms with Gasteiger partial charge in [-0.2, -0.15) is 18.3 Å². The second-order valence-electron chi connectivity index (χ2n) is 4.63. The molecule has 1 aromatic heterocycles. The fourth-order valence-electron chi connectivity index (χ4n) is 2.13. The van der Waals surface area contributed by atoms with E-state index >= 15 is 0 Å². The lowest BCUT2D eigenvalue weighted by Crippen LogP contribution is -2.20. The Balaban J connectivity index is 2.50. The molecule has 0 aliphatic carbocycles. The van der Waals surface area contributed by atoms with Crippen LogP contribution in [0.25, 0.3) is 5.69 Å². The Hall–Kier alpha value is -1.89. The molecule has 2 rings (SSSR count). The summed E-state index contributed by atoms with van der Waals surface area (Å²) in [7, 11) is 0. The van der Waals surface area contributed by atoms with Gasteiger partial charge in [0.15, 0.2) is 0 Å². The first-order chi connectivity index (χ1) is 9.84. The fourth-order valence-corrected chi connectivity index (χ4v) is 2.13. The van der Waals surface area contributed by atoms with Gasteiger partial charge in [0.25, 0.3) is 0 Å². The van der Waals surface area contributed by atoms with Gasteiger partial charge in [-0.05, 0) is 25.1 Å². The molecule has 3 nitrogen and oxygen atoms in total. The van der Waals surface area contributed by atoms with Crippen molar-refractivity contribution in [2.75, 3.05) is 6.54 Å². The van der Waals surface area contributed by atoms with E-state index in [1.54, 1.807) is 6.07 Å². The molecule has 7 heteroatoms. The number of nitrogens with zero attached hydrogens (tertiary/aromatic N) is 2. The van der Waals surface area contributed by atoms with Gasteiger partial charge in [0.1, 0.15) is 11.5 Å². The lowest BCUT2D eigenvalue weighted by atomic mass is 10.1. The van der Waals surface area contributed by atoms with E-state index in [0.717, 1.165) is 10.9 Å². The number of rotatable bonds is 4. The van der Waals surface area contributed by atoms with Crippen molar-refractivity contribution in [2.45, 2.75) is 26.1 Å². The highest BCUT2D eigenvalue weighted by Gasteiger charge is 2.32.